The van der Waals surface area contributed by atoms with Crippen molar-refractivity contribution in [2.24, 2.45) is 0 Å². The second kappa shape index (κ2) is 7.20. The first-order chi connectivity index (χ1) is 10.5. The van der Waals surface area contributed by atoms with Crippen molar-refractivity contribution in [2.75, 3.05) is 12.4 Å². The first kappa shape index (κ1) is 16.2. The number of nitrogens with one attached hydrogen (secondary N) is 2. The number of amides is 1. The number of pyridine rings is 1. The Labute approximate surface area is 132 Å². The Kier molecular flexibility index (Phi) is 5.30. The zero-order valence-corrected chi connectivity index (χ0v) is 12.6. The smallest absolute Gasteiger partial charge is 0.251 e. The number of hydrogen-bond donors (Lipinski definition) is 3. The first-order valence-corrected chi connectivity index (χ1v) is 6.93. The molecule has 0 fully saturated rings. The van der Waals surface area contributed by atoms with Gasteiger partial charge in [-0.1, -0.05) is 17.7 Å². The van der Waals surface area contributed by atoms with Crippen molar-refractivity contribution in [3.05, 3.63) is 58.0 Å². The summed E-state index contributed by atoms with van der Waals surface area (Å²) in [5, 5.41) is 14.8. The molecule has 1 aromatic heterocycles. The number of carbonyl (C=O) groups excluding carboxylic acids is 1. The Morgan fingerprint density at radius 2 is 2.14 bits per heavy atom. The van der Waals surface area contributed by atoms with Gasteiger partial charge in [-0.3, -0.25) is 4.79 Å². The highest BCUT2D eigenvalue weighted by molar-refractivity contribution is 6.29. The van der Waals surface area contributed by atoms with Crippen LogP contribution >= 0.6 is 11.6 Å². The van der Waals surface area contributed by atoms with Crippen molar-refractivity contribution in [3.63, 3.8) is 0 Å². The third-order valence-electron chi connectivity index (χ3n) is 3.05. The van der Waals surface area contributed by atoms with Gasteiger partial charge in [0.05, 0.1) is 6.61 Å². The molecule has 0 atom stereocenters. The fourth-order valence-corrected chi connectivity index (χ4v) is 2.11. The van der Waals surface area contributed by atoms with Crippen molar-refractivity contribution in [3.8, 4) is 0 Å². The molecule has 0 radical (unpaired) electrons. The van der Waals surface area contributed by atoms with Crippen LogP contribution in [0.1, 0.15) is 21.5 Å². The predicted molar refractivity (Wildman–Crippen MR) is 82.3 cm³/mol. The lowest BCUT2D eigenvalue weighted by Gasteiger charge is -2.08. The maximum Gasteiger partial charge on any atom is 0.251 e. The van der Waals surface area contributed by atoms with Crippen LogP contribution in [0, 0.1) is 5.82 Å². The van der Waals surface area contributed by atoms with Crippen LogP contribution in [0.5, 0.6) is 0 Å². The molecule has 0 unspecified atom stereocenters. The average Bonchev–Trinajstić information content (AvgIpc) is 2.53. The molecule has 0 aliphatic heterocycles. The van der Waals surface area contributed by atoms with E-state index in [1.165, 1.54) is 18.2 Å². The number of aliphatic hydroxyl groups excluding tert-OH is 1. The maximum atomic E-state index is 13.3. The van der Waals surface area contributed by atoms with Gasteiger partial charge in [-0.05, 0) is 29.8 Å². The Hall–Kier alpha value is -2.18. The molecule has 0 spiro atoms. The molecular weight excluding hydrogens is 309 g/mol. The molecule has 0 aliphatic carbocycles. The van der Waals surface area contributed by atoms with E-state index in [1.54, 1.807) is 19.2 Å². The van der Waals surface area contributed by atoms with Gasteiger partial charge in [0.25, 0.3) is 5.91 Å². The summed E-state index contributed by atoms with van der Waals surface area (Å²) in [7, 11) is 1.68. The molecule has 1 aromatic carbocycles. The number of benzene rings is 1. The quantitative estimate of drug-likeness (QED) is 0.738. The standard InChI is InChI=1S/C15H15ClFN3O2/c1-18-14-6-10(5-13(16)20-14)15(22)19-7-9-2-3-12(17)11(4-9)8-21/h2-6,21H,7-8H2,1H3,(H,18,20)(H,19,22). The monoisotopic (exact) mass is 323 g/mol. The van der Waals surface area contributed by atoms with Crippen molar-refractivity contribution in [2.45, 2.75) is 13.2 Å². The molecule has 0 saturated heterocycles. The van der Waals surface area contributed by atoms with Crippen LogP contribution < -0.4 is 10.6 Å². The lowest BCUT2D eigenvalue weighted by Crippen LogP contribution is -2.23. The molecule has 116 valence electrons. The topological polar surface area (TPSA) is 74.2 Å². The van der Waals surface area contributed by atoms with E-state index < -0.39 is 5.82 Å². The fraction of sp³-hybridized carbons (Fsp3) is 0.200. The molecule has 1 amide bonds. The molecule has 22 heavy (non-hydrogen) atoms. The number of carbonyl (C=O) groups is 1. The number of halogens is 2. The number of aromatic nitrogens is 1. The average molecular weight is 324 g/mol. The van der Waals surface area contributed by atoms with E-state index >= 15 is 0 Å². The highest BCUT2D eigenvalue weighted by atomic mass is 35.5. The third-order valence-corrected chi connectivity index (χ3v) is 3.24. The van der Waals surface area contributed by atoms with Crippen LogP contribution in [0.25, 0.3) is 0 Å². The van der Waals surface area contributed by atoms with Gasteiger partial charge >= 0.3 is 0 Å². The van der Waals surface area contributed by atoms with Crippen LogP contribution in [0.15, 0.2) is 30.3 Å². The van der Waals surface area contributed by atoms with E-state index in [2.05, 4.69) is 15.6 Å². The van der Waals surface area contributed by atoms with Crippen molar-refractivity contribution >= 4 is 23.3 Å². The lowest BCUT2D eigenvalue weighted by atomic mass is 10.1. The van der Waals surface area contributed by atoms with Gasteiger partial charge in [0.15, 0.2) is 0 Å². The third kappa shape index (κ3) is 3.93. The summed E-state index contributed by atoms with van der Waals surface area (Å²) < 4.78 is 13.3. The minimum absolute atomic E-state index is 0.191. The predicted octanol–water partition coefficient (Wildman–Crippen LogP) is 2.34. The Bertz CT molecular complexity index is 694. The largest absolute Gasteiger partial charge is 0.392 e. The summed E-state index contributed by atoms with van der Waals surface area (Å²) in [6, 6.07) is 7.35. The molecule has 3 N–H and O–H groups in total. The van der Waals surface area contributed by atoms with Gasteiger partial charge in [-0.25, -0.2) is 9.37 Å². The number of aliphatic hydroxyl groups is 1. The Balaban J connectivity index is 2.08. The molecule has 0 aliphatic rings. The van der Waals surface area contributed by atoms with Gasteiger partial charge in [0.1, 0.15) is 16.8 Å². The van der Waals surface area contributed by atoms with E-state index in [0.717, 1.165) is 0 Å². The molecule has 2 rings (SSSR count). The fourth-order valence-electron chi connectivity index (χ4n) is 1.90. The van der Waals surface area contributed by atoms with Crippen LogP contribution in [-0.4, -0.2) is 23.0 Å². The van der Waals surface area contributed by atoms with E-state index in [-0.39, 0.29) is 29.8 Å². The van der Waals surface area contributed by atoms with Crippen LogP contribution in [-0.2, 0) is 13.2 Å². The van der Waals surface area contributed by atoms with Crippen LogP contribution in [0.3, 0.4) is 0 Å². The summed E-state index contributed by atoms with van der Waals surface area (Å²) in [5.74, 6) is -0.310. The number of nitrogens with zero attached hydrogens (tertiary/aromatic N) is 1. The van der Waals surface area contributed by atoms with Gasteiger partial charge in [-0.2, -0.15) is 0 Å². The van der Waals surface area contributed by atoms with E-state index in [4.69, 9.17) is 16.7 Å². The highest BCUT2D eigenvalue weighted by Crippen LogP contribution is 2.15. The van der Waals surface area contributed by atoms with Gasteiger partial charge < -0.3 is 15.7 Å². The molecular formula is C15H15ClFN3O2. The minimum Gasteiger partial charge on any atom is -0.392 e. The summed E-state index contributed by atoms with van der Waals surface area (Å²) in [6.45, 7) is -0.181. The highest BCUT2D eigenvalue weighted by Gasteiger charge is 2.09. The first-order valence-electron chi connectivity index (χ1n) is 6.55. The maximum absolute atomic E-state index is 13.3. The van der Waals surface area contributed by atoms with E-state index in [1.807, 2.05) is 0 Å². The summed E-state index contributed by atoms with van der Waals surface area (Å²) in [6.07, 6.45) is 0. The van der Waals surface area contributed by atoms with Crippen LogP contribution in [0.4, 0.5) is 10.2 Å². The summed E-state index contributed by atoms with van der Waals surface area (Å²) >= 11 is 5.85. The molecule has 2 aromatic rings. The Morgan fingerprint density at radius 3 is 2.82 bits per heavy atom. The van der Waals surface area contributed by atoms with Crippen molar-refractivity contribution in [1.82, 2.24) is 10.3 Å². The van der Waals surface area contributed by atoms with Crippen LogP contribution in [0.2, 0.25) is 5.15 Å². The molecule has 7 heteroatoms. The van der Waals surface area contributed by atoms with E-state index in [9.17, 15) is 9.18 Å². The zero-order chi connectivity index (χ0) is 16.1. The van der Waals surface area contributed by atoms with Gasteiger partial charge in [0, 0.05) is 24.7 Å². The summed E-state index contributed by atoms with van der Waals surface area (Å²) in [4.78, 5) is 16.1. The second-order valence-electron chi connectivity index (χ2n) is 4.58. The lowest BCUT2D eigenvalue weighted by molar-refractivity contribution is 0.0951. The normalized spacial score (nSPS) is 10.4. The van der Waals surface area contributed by atoms with Gasteiger partial charge in [-0.15, -0.1) is 0 Å². The molecule has 0 bridgehead atoms. The zero-order valence-electron chi connectivity index (χ0n) is 11.9. The molecule has 5 nitrogen and oxygen atoms in total. The van der Waals surface area contributed by atoms with Crippen molar-refractivity contribution < 1.29 is 14.3 Å². The molecule has 1 heterocycles. The SMILES string of the molecule is CNc1cc(C(=O)NCc2ccc(F)c(CO)c2)cc(Cl)n1. The van der Waals surface area contributed by atoms with Gasteiger partial charge in [0.2, 0.25) is 0 Å². The second-order valence-corrected chi connectivity index (χ2v) is 4.97. The number of rotatable bonds is 5. The van der Waals surface area contributed by atoms with Crippen molar-refractivity contribution in [1.29, 1.82) is 0 Å². The minimum atomic E-state index is -0.475. The number of hydrogen-bond acceptors (Lipinski definition) is 4. The molecule has 0 saturated carbocycles. The summed E-state index contributed by atoms with van der Waals surface area (Å²) in [5.41, 5.74) is 1.25. The van der Waals surface area contributed by atoms with E-state index in [0.29, 0.717) is 16.9 Å². The number of anilines is 1. The Morgan fingerprint density at radius 1 is 1.36 bits per heavy atom.